The Hall–Kier alpha value is -6.08. The number of rotatable bonds is 11. The number of carbonyl (C=O) groups is 1. The van der Waals surface area contributed by atoms with E-state index in [1.165, 1.54) is 23.3 Å². The second kappa shape index (κ2) is 18.7. The molecule has 0 saturated carbocycles. The van der Waals surface area contributed by atoms with E-state index in [9.17, 15) is 18.0 Å². The standard InChI is InChI=1S/C29H28ClF3N4O2.C18H21N3O/c1-2-25-27(37-18-22(30)7-12-26(37)35-25)28(38)34-17-19-3-8-23(9-4-19)36-15-13-21(14-16-36)20-5-10-24(11-6-20)39-29(31,32)33;1-18(2,3)14-6-4-13(5-7-14)8-10-19-17-16-15(9-11-22-16)20-12-21-17/h3-12,18,21H,2,13-17H2,1H3,(H,34,38);4-7,9,11-12H,8,10H2,1-3H3,(H,19,20,21). The minimum atomic E-state index is -4.68. The fourth-order valence-corrected chi connectivity index (χ4v) is 7.63. The number of hydrogen-bond acceptors (Lipinski definition) is 8. The molecule has 318 valence electrons. The predicted octanol–water partition coefficient (Wildman–Crippen LogP) is 10.9. The summed E-state index contributed by atoms with van der Waals surface area (Å²) < 4.78 is 48.3. The van der Waals surface area contributed by atoms with Crippen LogP contribution in [0.2, 0.25) is 5.02 Å². The lowest BCUT2D eigenvalue weighted by atomic mass is 9.86. The van der Waals surface area contributed by atoms with Crippen molar-refractivity contribution in [2.24, 2.45) is 0 Å². The molecule has 14 heteroatoms. The Morgan fingerprint density at radius 2 is 1.61 bits per heavy atom. The van der Waals surface area contributed by atoms with Gasteiger partial charge in [-0.05, 0) is 95.7 Å². The van der Waals surface area contributed by atoms with E-state index in [0.717, 1.165) is 72.7 Å². The van der Waals surface area contributed by atoms with Crippen molar-refractivity contribution >= 4 is 45.8 Å². The number of nitrogens with zero attached hydrogens (tertiary/aromatic N) is 5. The molecule has 8 rings (SSSR count). The topological polar surface area (TPSA) is 110 Å². The number of carbonyl (C=O) groups excluding carboxylic acids is 1. The van der Waals surface area contributed by atoms with Crippen molar-refractivity contribution in [2.75, 3.05) is 29.9 Å². The second-order valence-corrected chi connectivity index (χ2v) is 16.5. The van der Waals surface area contributed by atoms with E-state index in [4.69, 9.17) is 16.0 Å². The maximum Gasteiger partial charge on any atom is 0.573 e. The number of anilines is 2. The molecule has 1 saturated heterocycles. The predicted molar refractivity (Wildman–Crippen MR) is 234 cm³/mol. The van der Waals surface area contributed by atoms with Crippen molar-refractivity contribution in [2.45, 2.75) is 77.6 Å². The molecule has 4 aromatic heterocycles. The number of nitrogens with one attached hydrogen (secondary N) is 2. The van der Waals surface area contributed by atoms with Crippen LogP contribution in [0.25, 0.3) is 16.7 Å². The summed E-state index contributed by atoms with van der Waals surface area (Å²) >= 11 is 6.14. The molecule has 3 aromatic carbocycles. The molecule has 0 unspecified atom stereocenters. The lowest BCUT2D eigenvalue weighted by Gasteiger charge is -2.34. The van der Waals surface area contributed by atoms with Crippen molar-refractivity contribution < 1.29 is 27.1 Å². The summed E-state index contributed by atoms with van der Waals surface area (Å²) in [7, 11) is 0. The zero-order chi connectivity index (χ0) is 43.1. The van der Waals surface area contributed by atoms with E-state index in [1.54, 1.807) is 47.5 Å². The number of pyridine rings is 1. The largest absolute Gasteiger partial charge is 0.573 e. The number of piperidine rings is 1. The van der Waals surface area contributed by atoms with Crippen LogP contribution in [-0.2, 0) is 24.8 Å². The average Bonchev–Trinajstić information content (AvgIpc) is 3.88. The Labute approximate surface area is 358 Å². The number of amides is 1. The molecule has 5 heterocycles. The van der Waals surface area contributed by atoms with Crippen LogP contribution in [0.5, 0.6) is 5.75 Å². The number of alkyl halides is 3. The highest BCUT2D eigenvalue weighted by Crippen LogP contribution is 2.33. The quantitative estimate of drug-likeness (QED) is 0.132. The third kappa shape index (κ3) is 11.0. The smallest absolute Gasteiger partial charge is 0.459 e. The molecule has 7 aromatic rings. The van der Waals surface area contributed by atoms with Gasteiger partial charge in [0.05, 0.1) is 17.0 Å². The van der Waals surface area contributed by atoms with Crippen LogP contribution in [0, 0.1) is 0 Å². The van der Waals surface area contributed by atoms with E-state index >= 15 is 0 Å². The molecule has 1 aliphatic heterocycles. The molecule has 2 N–H and O–H groups in total. The summed E-state index contributed by atoms with van der Waals surface area (Å²) in [6, 6.07) is 28.5. The Bertz CT molecular complexity index is 2540. The summed E-state index contributed by atoms with van der Waals surface area (Å²) in [5.41, 5.74) is 9.41. The summed E-state index contributed by atoms with van der Waals surface area (Å²) in [6.45, 7) is 11.5. The van der Waals surface area contributed by atoms with Crippen LogP contribution in [0.1, 0.15) is 84.9 Å². The minimum Gasteiger partial charge on any atom is -0.459 e. The number of hydrogen-bond donors (Lipinski definition) is 2. The van der Waals surface area contributed by atoms with Gasteiger partial charge in [0, 0.05) is 44.1 Å². The molecule has 0 bridgehead atoms. The molecule has 0 atom stereocenters. The van der Waals surface area contributed by atoms with Gasteiger partial charge in [-0.1, -0.05) is 87.8 Å². The number of aryl methyl sites for hydroxylation is 1. The first kappa shape index (κ1) is 43.0. The third-order valence-corrected chi connectivity index (χ3v) is 11.0. The number of furan rings is 1. The van der Waals surface area contributed by atoms with Gasteiger partial charge >= 0.3 is 6.36 Å². The maximum absolute atomic E-state index is 13.0. The first-order valence-corrected chi connectivity index (χ1v) is 20.8. The van der Waals surface area contributed by atoms with Crippen molar-refractivity contribution in [1.82, 2.24) is 24.7 Å². The van der Waals surface area contributed by atoms with Gasteiger partial charge < -0.3 is 24.7 Å². The van der Waals surface area contributed by atoms with Gasteiger partial charge in [-0.3, -0.25) is 9.20 Å². The Kier molecular flexibility index (Phi) is 13.2. The van der Waals surface area contributed by atoms with Crippen molar-refractivity contribution in [3.8, 4) is 5.75 Å². The van der Waals surface area contributed by atoms with Gasteiger partial charge in [0.25, 0.3) is 5.91 Å². The molecule has 1 amide bonds. The van der Waals surface area contributed by atoms with Gasteiger partial charge in [0.2, 0.25) is 0 Å². The Morgan fingerprint density at radius 3 is 2.28 bits per heavy atom. The zero-order valence-electron chi connectivity index (χ0n) is 34.6. The maximum atomic E-state index is 13.0. The average molecular weight is 852 g/mol. The van der Waals surface area contributed by atoms with Crippen molar-refractivity contribution in [3.05, 3.63) is 148 Å². The van der Waals surface area contributed by atoms with Gasteiger partial charge in [-0.25, -0.2) is 15.0 Å². The van der Waals surface area contributed by atoms with Gasteiger partial charge in [-0.15, -0.1) is 13.2 Å². The molecular formula is C47H49ClF3N7O3. The molecule has 1 aliphatic rings. The highest BCUT2D eigenvalue weighted by molar-refractivity contribution is 6.30. The van der Waals surface area contributed by atoms with E-state index in [-0.39, 0.29) is 23.0 Å². The van der Waals surface area contributed by atoms with E-state index in [1.807, 2.05) is 25.1 Å². The van der Waals surface area contributed by atoms with E-state index < -0.39 is 6.36 Å². The van der Waals surface area contributed by atoms with Crippen LogP contribution in [0.3, 0.4) is 0 Å². The lowest BCUT2D eigenvalue weighted by molar-refractivity contribution is -0.274. The highest BCUT2D eigenvalue weighted by Gasteiger charge is 2.31. The molecule has 0 spiro atoms. The normalized spacial score (nSPS) is 13.5. The van der Waals surface area contributed by atoms with Gasteiger partial charge in [0.1, 0.15) is 28.9 Å². The number of halogens is 4. The van der Waals surface area contributed by atoms with Gasteiger partial charge in [-0.2, -0.15) is 0 Å². The molecular weight excluding hydrogens is 803 g/mol. The van der Waals surface area contributed by atoms with Crippen LogP contribution in [-0.4, -0.2) is 51.3 Å². The summed E-state index contributed by atoms with van der Waals surface area (Å²) in [4.78, 5) is 28.3. The first-order chi connectivity index (χ1) is 29.2. The van der Waals surface area contributed by atoms with Gasteiger partial charge in [0.15, 0.2) is 11.4 Å². The fraction of sp³-hybridized carbons (Fsp3) is 0.319. The number of benzene rings is 3. The summed E-state index contributed by atoms with van der Waals surface area (Å²) in [5.74, 6) is 0.638. The molecule has 0 aliphatic carbocycles. The van der Waals surface area contributed by atoms with Crippen LogP contribution < -0.4 is 20.3 Å². The second-order valence-electron chi connectivity index (χ2n) is 16.0. The van der Waals surface area contributed by atoms with E-state index in [0.29, 0.717) is 34.9 Å². The van der Waals surface area contributed by atoms with E-state index in [2.05, 4.69) is 92.4 Å². The van der Waals surface area contributed by atoms with Crippen molar-refractivity contribution in [1.29, 1.82) is 0 Å². The number of ether oxygens (including phenoxy) is 1. The lowest BCUT2D eigenvalue weighted by Crippen LogP contribution is -2.32. The summed E-state index contributed by atoms with van der Waals surface area (Å²) in [5, 5.41) is 6.85. The minimum absolute atomic E-state index is 0.197. The van der Waals surface area contributed by atoms with Crippen molar-refractivity contribution in [3.63, 3.8) is 0 Å². The third-order valence-electron chi connectivity index (χ3n) is 10.8. The molecule has 10 nitrogen and oxygen atoms in total. The number of imidazole rings is 1. The molecule has 1 fully saturated rings. The SMILES string of the molecule is CC(C)(C)c1ccc(CCNc2ncnc3ccoc23)cc1.CCc1nc2ccc(Cl)cn2c1C(=O)NCc1ccc(N2CCC(c3ccc(OC(F)(F)F)cc3)CC2)cc1. The number of fused-ring (bicyclic) bond motifs is 2. The first-order valence-electron chi connectivity index (χ1n) is 20.4. The monoisotopic (exact) mass is 851 g/mol. The highest BCUT2D eigenvalue weighted by atomic mass is 35.5. The Balaban J connectivity index is 0.000000215. The zero-order valence-corrected chi connectivity index (χ0v) is 35.4. The Morgan fingerprint density at radius 1 is 0.902 bits per heavy atom. The molecule has 61 heavy (non-hydrogen) atoms. The van der Waals surface area contributed by atoms with Crippen LogP contribution in [0.15, 0.2) is 114 Å². The number of aromatic nitrogens is 4. The van der Waals surface area contributed by atoms with Crippen LogP contribution >= 0.6 is 11.6 Å². The fourth-order valence-electron chi connectivity index (χ4n) is 7.47. The molecule has 0 radical (unpaired) electrons. The van der Waals surface area contributed by atoms with Crippen LogP contribution in [0.4, 0.5) is 24.7 Å². The summed E-state index contributed by atoms with van der Waals surface area (Å²) in [6.07, 6.45) is 3.58.